The molecule has 2 aromatic carbocycles. The molecule has 0 radical (unpaired) electrons. The number of hydrogen-bond donors (Lipinski definition) is 1. The van der Waals surface area contributed by atoms with Crippen LogP contribution < -0.4 is 14.8 Å². The van der Waals surface area contributed by atoms with Crippen LogP contribution >= 0.6 is 0 Å². The smallest absolute Gasteiger partial charge is 0.224 e. The van der Waals surface area contributed by atoms with Crippen molar-refractivity contribution in [2.24, 2.45) is 0 Å². The molecule has 0 bridgehead atoms. The minimum atomic E-state index is -0.0340. The number of nitrogens with one attached hydrogen (secondary N) is 1. The second kappa shape index (κ2) is 9.78. The van der Waals surface area contributed by atoms with Crippen LogP contribution in [0, 0.1) is 6.92 Å². The van der Waals surface area contributed by atoms with E-state index in [2.05, 4.69) is 16.6 Å². The first-order chi connectivity index (χ1) is 14.1. The Bertz CT molecular complexity index is 951. The maximum atomic E-state index is 12.3. The van der Waals surface area contributed by atoms with Gasteiger partial charge in [-0.05, 0) is 55.7 Å². The molecule has 29 heavy (non-hydrogen) atoms. The van der Waals surface area contributed by atoms with E-state index in [1.165, 1.54) is 5.56 Å². The van der Waals surface area contributed by atoms with Crippen LogP contribution in [-0.4, -0.2) is 36.5 Å². The summed E-state index contributed by atoms with van der Waals surface area (Å²) in [4.78, 5) is 12.3. The largest absolute Gasteiger partial charge is 0.497 e. The van der Waals surface area contributed by atoms with E-state index in [0.717, 1.165) is 29.8 Å². The molecule has 0 unspecified atom stereocenters. The Kier molecular flexibility index (Phi) is 6.89. The summed E-state index contributed by atoms with van der Waals surface area (Å²) in [5.41, 5.74) is 4.06. The predicted octanol–water partition coefficient (Wildman–Crippen LogP) is 3.49. The molecular formula is C23H27N3O3. The summed E-state index contributed by atoms with van der Waals surface area (Å²) in [5.74, 6) is 1.36. The zero-order valence-electron chi connectivity index (χ0n) is 17.1. The van der Waals surface area contributed by atoms with E-state index in [1.54, 1.807) is 14.2 Å². The highest BCUT2D eigenvalue weighted by Gasteiger charge is 2.11. The third-order valence-corrected chi connectivity index (χ3v) is 4.80. The van der Waals surface area contributed by atoms with Crippen LogP contribution in [0.25, 0.3) is 5.69 Å². The normalized spacial score (nSPS) is 10.6. The lowest BCUT2D eigenvalue weighted by atomic mass is 10.1. The van der Waals surface area contributed by atoms with Crippen molar-refractivity contribution >= 4 is 5.91 Å². The average Bonchev–Trinajstić information content (AvgIpc) is 3.12. The number of benzene rings is 2. The van der Waals surface area contributed by atoms with E-state index in [0.29, 0.717) is 18.0 Å². The van der Waals surface area contributed by atoms with E-state index in [4.69, 9.17) is 9.47 Å². The standard InChI is InChI=1S/C23H27N3O3/c1-17-18(16-26(25-17)20-9-5-4-6-10-20)8-7-13-24-23(27)15-19-14-21(28-2)11-12-22(19)29-3/h4-6,9-12,14,16H,7-8,13,15H2,1-3H3,(H,24,27). The summed E-state index contributed by atoms with van der Waals surface area (Å²) in [5, 5.41) is 7.58. The Morgan fingerprint density at radius 1 is 1.07 bits per heavy atom. The third-order valence-electron chi connectivity index (χ3n) is 4.80. The molecule has 0 saturated carbocycles. The van der Waals surface area contributed by atoms with Crippen molar-refractivity contribution in [3.05, 3.63) is 71.5 Å². The Labute approximate surface area is 171 Å². The number of nitrogens with zero attached hydrogens (tertiary/aromatic N) is 2. The molecule has 1 amide bonds. The van der Waals surface area contributed by atoms with Crippen molar-refractivity contribution in [1.82, 2.24) is 15.1 Å². The van der Waals surface area contributed by atoms with Crippen LogP contribution in [0.4, 0.5) is 0 Å². The van der Waals surface area contributed by atoms with Crippen LogP contribution in [-0.2, 0) is 17.6 Å². The third kappa shape index (κ3) is 5.38. The lowest BCUT2D eigenvalue weighted by Crippen LogP contribution is -2.26. The maximum Gasteiger partial charge on any atom is 0.224 e. The molecule has 152 valence electrons. The fourth-order valence-electron chi connectivity index (χ4n) is 3.22. The Hall–Kier alpha value is -3.28. The second-order valence-corrected chi connectivity index (χ2v) is 6.83. The highest BCUT2D eigenvalue weighted by molar-refractivity contribution is 5.79. The molecule has 6 heteroatoms. The minimum Gasteiger partial charge on any atom is -0.497 e. The first kappa shape index (κ1) is 20.5. The van der Waals surface area contributed by atoms with Crippen molar-refractivity contribution in [2.75, 3.05) is 20.8 Å². The zero-order valence-corrected chi connectivity index (χ0v) is 17.1. The van der Waals surface area contributed by atoms with Gasteiger partial charge >= 0.3 is 0 Å². The van der Waals surface area contributed by atoms with Gasteiger partial charge in [-0.15, -0.1) is 0 Å². The van der Waals surface area contributed by atoms with Gasteiger partial charge in [0.1, 0.15) is 11.5 Å². The predicted molar refractivity (Wildman–Crippen MR) is 113 cm³/mol. The number of para-hydroxylation sites is 1. The lowest BCUT2D eigenvalue weighted by molar-refractivity contribution is -0.120. The fourth-order valence-corrected chi connectivity index (χ4v) is 3.22. The summed E-state index contributed by atoms with van der Waals surface area (Å²) in [6, 6.07) is 15.5. The second-order valence-electron chi connectivity index (χ2n) is 6.83. The number of rotatable bonds is 9. The highest BCUT2D eigenvalue weighted by Crippen LogP contribution is 2.24. The molecule has 1 aromatic heterocycles. The number of hydrogen-bond acceptors (Lipinski definition) is 4. The maximum absolute atomic E-state index is 12.3. The topological polar surface area (TPSA) is 65.4 Å². The molecule has 0 fully saturated rings. The molecule has 0 aliphatic heterocycles. The molecular weight excluding hydrogens is 366 g/mol. The van der Waals surface area contributed by atoms with Gasteiger partial charge in [0.2, 0.25) is 5.91 Å². The molecule has 0 atom stereocenters. The molecule has 3 rings (SSSR count). The molecule has 6 nitrogen and oxygen atoms in total. The van der Waals surface area contributed by atoms with E-state index in [9.17, 15) is 4.79 Å². The molecule has 0 aliphatic carbocycles. The van der Waals surface area contributed by atoms with Gasteiger partial charge in [0.15, 0.2) is 0 Å². The van der Waals surface area contributed by atoms with Gasteiger partial charge in [-0.2, -0.15) is 5.10 Å². The summed E-state index contributed by atoms with van der Waals surface area (Å²) < 4.78 is 12.5. The summed E-state index contributed by atoms with van der Waals surface area (Å²) in [7, 11) is 3.20. The molecule has 0 aliphatic rings. The van der Waals surface area contributed by atoms with E-state index in [1.807, 2.05) is 60.1 Å². The van der Waals surface area contributed by atoms with Gasteiger partial charge < -0.3 is 14.8 Å². The van der Waals surface area contributed by atoms with Gasteiger partial charge in [-0.1, -0.05) is 18.2 Å². The number of amides is 1. The summed E-state index contributed by atoms with van der Waals surface area (Å²) >= 11 is 0. The SMILES string of the molecule is COc1ccc(OC)c(CC(=O)NCCCc2cn(-c3ccccc3)nc2C)c1. The number of ether oxygens (including phenoxy) is 2. The molecule has 1 N–H and O–H groups in total. The minimum absolute atomic E-state index is 0.0340. The number of methoxy groups -OCH3 is 2. The first-order valence-corrected chi connectivity index (χ1v) is 9.69. The van der Waals surface area contributed by atoms with E-state index < -0.39 is 0 Å². The first-order valence-electron chi connectivity index (χ1n) is 9.69. The average molecular weight is 393 g/mol. The van der Waals surface area contributed by atoms with Crippen molar-refractivity contribution in [1.29, 1.82) is 0 Å². The van der Waals surface area contributed by atoms with Crippen LogP contribution in [0.2, 0.25) is 0 Å². The van der Waals surface area contributed by atoms with E-state index >= 15 is 0 Å². The summed E-state index contributed by atoms with van der Waals surface area (Å²) in [6.45, 7) is 2.63. The Morgan fingerprint density at radius 3 is 2.59 bits per heavy atom. The quantitative estimate of drug-likeness (QED) is 0.565. The molecule has 1 heterocycles. The zero-order chi connectivity index (χ0) is 20.6. The number of aryl methyl sites for hydroxylation is 2. The fraction of sp³-hybridized carbons (Fsp3) is 0.304. The van der Waals surface area contributed by atoms with Gasteiger partial charge in [0.25, 0.3) is 0 Å². The van der Waals surface area contributed by atoms with Crippen molar-refractivity contribution < 1.29 is 14.3 Å². The van der Waals surface area contributed by atoms with Crippen LogP contribution in [0.1, 0.15) is 23.2 Å². The van der Waals surface area contributed by atoms with Crippen LogP contribution in [0.15, 0.2) is 54.7 Å². The van der Waals surface area contributed by atoms with Crippen LogP contribution in [0.5, 0.6) is 11.5 Å². The Morgan fingerprint density at radius 2 is 1.86 bits per heavy atom. The van der Waals surface area contributed by atoms with Crippen LogP contribution in [0.3, 0.4) is 0 Å². The number of carbonyl (C=O) groups is 1. The van der Waals surface area contributed by atoms with E-state index in [-0.39, 0.29) is 12.3 Å². The number of carbonyl (C=O) groups excluding carboxylic acids is 1. The summed E-state index contributed by atoms with van der Waals surface area (Å²) in [6.07, 6.45) is 4.03. The Balaban J connectivity index is 1.50. The molecule has 0 spiro atoms. The van der Waals surface area contributed by atoms with Gasteiger partial charge in [0, 0.05) is 18.3 Å². The van der Waals surface area contributed by atoms with Gasteiger partial charge in [0.05, 0.1) is 32.0 Å². The lowest BCUT2D eigenvalue weighted by Gasteiger charge is -2.11. The van der Waals surface area contributed by atoms with Crippen molar-refractivity contribution in [2.45, 2.75) is 26.2 Å². The monoisotopic (exact) mass is 393 g/mol. The van der Waals surface area contributed by atoms with Crippen molar-refractivity contribution in [3.8, 4) is 17.2 Å². The van der Waals surface area contributed by atoms with Gasteiger partial charge in [-0.3, -0.25) is 4.79 Å². The number of aromatic nitrogens is 2. The molecule has 0 saturated heterocycles. The highest BCUT2D eigenvalue weighted by atomic mass is 16.5. The molecule has 3 aromatic rings. The van der Waals surface area contributed by atoms with Crippen molar-refractivity contribution in [3.63, 3.8) is 0 Å². The van der Waals surface area contributed by atoms with Gasteiger partial charge in [-0.25, -0.2) is 4.68 Å².